The molecule has 0 saturated heterocycles. The van der Waals surface area contributed by atoms with Crippen LogP contribution in [0.4, 0.5) is 17.6 Å². The first-order valence-electron chi connectivity index (χ1n) is 10.3. The first-order valence-corrected chi connectivity index (χ1v) is 10.3. The molecule has 5 aromatic rings. The summed E-state index contributed by atoms with van der Waals surface area (Å²) >= 11 is 0. The van der Waals surface area contributed by atoms with Gasteiger partial charge in [0.25, 0.3) is 0 Å². The van der Waals surface area contributed by atoms with Crippen LogP contribution in [0, 0.1) is 37.1 Å². The molecule has 0 fully saturated rings. The summed E-state index contributed by atoms with van der Waals surface area (Å²) in [6.45, 7) is 2.95. The van der Waals surface area contributed by atoms with Gasteiger partial charge in [0.1, 0.15) is 22.9 Å². The molecule has 170 valence electrons. The molecule has 0 aliphatic rings. The van der Waals surface area contributed by atoms with Crippen LogP contribution in [0.1, 0.15) is 11.5 Å². The molecule has 0 bridgehead atoms. The van der Waals surface area contributed by atoms with Gasteiger partial charge < -0.3 is 8.83 Å². The highest BCUT2D eigenvalue weighted by molar-refractivity contribution is 5.84. The number of hydrogen-bond acceptors (Lipinski definition) is 4. The molecule has 0 spiro atoms. The maximum atomic E-state index is 15.2. The number of benzene rings is 3. The van der Waals surface area contributed by atoms with Crippen LogP contribution >= 0.6 is 0 Å². The fraction of sp³-hybridized carbons (Fsp3) is 0.0769. The van der Waals surface area contributed by atoms with Crippen molar-refractivity contribution < 1.29 is 26.4 Å². The van der Waals surface area contributed by atoms with E-state index in [4.69, 9.17) is 8.83 Å². The third-order valence-electron chi connectivity index (χ3n) is 5.38. The Hall–Kier alpha value is -4.20. The topological polar surface area (TPSA) is 52.1 Å². The van der Waals surface area contributed by atoms with E-state index in [1.165, 1.54) is 13.8 Å². The van der Waals surface area contributed by atoms with E-state index < -0.39 is 34.4 Å². The fourth-order valence-corrected chi connectivity index (χ4v) is 3.74. The second kappa shape index (κ2) is 8.30. The van der Waals surface area contributed by atoms with Gasteiger partial charge in [-0.25, -0.2) is 27.5 Å². The van der Waals surface area contributed by atoms with Crippen molar-refractivity contribution >= 4 is 0 Å². The highest BCUT2D eigenvalue weighted by Crippen LogP contribution is 2.42. The summed E-state index contributed by atoms with van der Waals surface area (Å²) in [5.74, 6) is -6.70. The Balaban J connectivity index is 1.77. The Morgan fingerprint density at radius 3 is 1.24 bits per heavy atom. The first kappa shape index (κ1) is 21.6. The van der Waals surface area contributed by atoms with E-state index >= 15 is 8.78 Å². The first-order chi connectivity index (χ1) is 16.4. The number of aromatic nitrogens is 2. The standard InChI is InChI=1S/C26H16F4N2O2/c1-13-23(31-25(33-13)15-9-5-3-6-10-15)17-18(20(28)22(30)21(29)19(17)27)24-14(2)34-26(32-24)16-11-7-4-8-12-16/h3-12H,1-2H3. The summed E-state index contributed by atoms with van der Waals surface area (Å²) in [7, 11) is 0. The Labute approximate surface area is 191 Å². The maximum absolute atomic E-state index is 15.2. The zero-order valence-electron chi connectivity index (χ0n) is 18.0. The molecule has 0 radical (unpaired) electrons. The van der Waals surface area contributed by atoms with Gasteiger partial charge in [0.15, 0.2) is 23.3 Å². The van der Waals surface area contributed by atoms with Gasteiger partial charge in [0.05, 0.1) is 11.1 Å². The molecule has 0 atom stereocenters. The third kappa shape index (κ3) is 3.48. The van der Waals surface area contributed by atoms with Crippen LogP contribution in [0.5, 0.6) is 0 Å². The smallest absolute Gasteiger partial charge is 0.226 e. The molecule has 0 saturated carbocycles. The Kier molecular flexibility index (Phi) is 5.28. The summed E-state index contributed by atoms with van der Waals surface area (Å²) in [6.07, 6.45) is 0. The zero-order chi connectivity index (χ0) is 24.0. The van der Waals surface area contributed by atoms with E-state index in [2.05, 4.69) is 9.97 Å². The Morgan fingerprint density at radius 2 is 0.882 bits per heavy atom. The van der Waals surface area contributed by atoms with Crippen molar-refractivity contribution in [3.63, 3.8) is 0 Å². The lowest BCUT2D eigenvalue weighted by atomic mass is 9.98. The second-order valence-corrected chi connectivity index (χ2v) is 7.59. The largest absolute Gasteiger partial charge is 0.441 e. The van der Waals surface area contributed by atoms with Gasteiger partial charge >= 0.3 is 0 Å². The highest BCUT2D eigenvalue weighted by Gasteiger charge is 2.32. The zero-order valence-corrected chi connectivity index (χ0v) is 18.0. The molecule has 0 N–H and O–H groups in total. The number of aryl methyl sites for hydroxylation is 2. The molecule has 2 aromatic heterocycles. The van der Waals surface area contributed by atoms with E-state index in [9.17, 15) is 8.78 Å². The monoisotopic (exact) mass is 464 g/mol. The van der Waals surface area contributed by atoms with Gasteiger partial charge in [0, 0.05) is 11.1 Å². The molecule has 8 heteroatoms. The van der Waals surface area contributed by atoms with E-state index in [-0.39, 0.29) is 34.7 Å². The van der Waals surface area contributed by atoms with Crippen molar-refractivity contribution in [2.24, 2.45) is 0 Å². The number of hydrogen-bond donors (Lipinski definition) is 0. The molecule has 3 aromatic carbocycles. The van der Waals surface area contributed by atoms with Gasteiger partial charge in [-0.05, 0) is 38.1 Å². The molecule has 0 unspecified atom stereocenters. The predicted molar refractivity (Wildman–Crippen MR) is 118 cm³/mol. The number of oxazole rings is 2. The van der Waals surface area contributed by atoms with Gasteiger partial charge in [0.2, 0.25) is 11.8 Å². The Bertz CT molecular complexity index is 1390. The number of nitrogens with zero attached hydrogens (tertiary/aromatic N) is 2. The molecular formula is C26H16F4N2O2. The highest BCUT2D eigenvalue weighted by atomic mass is 19.2. The van der Waals surface area contributed by atoms with E-state index in [1.807, 2.05) is 0 Å². The molecule has 0 aliphatic carbocycles. The van der Waals surface area contributed by atoms with E-state index in [0.717, 1.165) is 0 Å². The van der Waals surface area contributed by atoms with Crippen molar-refractivity contribution in [2.75, 3.05) is 0 Å². The maximum Gasteiger partial charge on any atom is 0.226 e. The summed E-state index contributed by atoms with van der Waals surface area (Å²) in [5.41, 5.74) is -0.399. The van der Waals surface area contributed by atoms with Gasteiger partial charge in [-0.3, -0.25) is 0 Å². The minimum absolute atomic E-state index is 0.0915. The molecule has 34 heavy (non-hydrogen) atoms. The lowest BCUT2D eigenvalue weighted by Gasteiger charge is -2.11. The average molecular weight is 464 g/mol. The third-order valence-corrected chi connectivity index (χ3v) is 5.38. The van der Waals surface area contributed by atoms with E-state index in [0.29, 0.717) is 11.1 Å². The van der Waals surface area contributed by atoms with Crippen LogP contribution in [0.15, 0.2) is 69.5 Å². The van der Waals surface area contributed by atoms with Crippen LogP contribution < -0.4 is 0 Å². The number of rotatable bonds is 4. The van der Waals surface area contributed by atoms with Crippen molar-refractivity contribution in [1.29, 1.82) is 0 Å². The van der Waals surface area contributed by atoms with Gasteiger partial charge in [-0.15, -0.1) is 0 Å². The van der Waals surface area contributed by atoms with Crippen LogP contribution in [0.3, 0.4) is 0 Å². The van der Waals surface area contributed by atoms with E-state index in [1.54, 1.807) is 60.7 Å². The second-order valence-electron chi connectivity index (χ2n) is 7.59. The number of halogens is 4. The summed E-state index contributed by atoms with van der Waals surface area (Å²) in [6, 6.07) is 17.4. The van der Waals surface area contributed by atoms with Crippen LogP contribution in [0.25, 0.3) is 45.4 Å². The molecule has 5 rings (SSSR count). The molecule has 0 amide bonds. The van der Waals surface area contributed by atoms with Crippen molar-refractivity contribution in [2.45, 2.75) is 13.8 Å². The lowest BCUT2D eigenvalue weighted by Crippen LogP contribution is -2.05. The average Bonchev–Trinajstić information content (AvgIpc) is 3.43. The summed E-state index contributed by atoms with van der Waals surface area (Å²) in [5, 5.41) is 0. The van der Waals surface area contributed by atoms with Gasteiger partial charge in [-0.2, -0.15) is 0 Å². The SMILES string of the molecule is Cc1oc(-c2ccccc2)nc1-c1c(F)c(F)c(F)c(F)c1-c1nc(-c2ccccc2)oc1C. The van der Waals surface area contributed by atoms with Gasteiger partial charge in [-0.1, -0.05) is 36.4 Å². The molecule has 0 aliphatic heterocycles. The van der Waals surface area contributed by atoms with Crippen LogP contribution in [-0.2, 0) is 0 Å². The van der Waals surface area contributed by atoms with Crippen molar-refractivity contribution in [3.8, 4) is 45.4 Å². The molecule has 2 heterocycles. The molecule has 4 nitrogen and oxygen atoms in total. The lowest BCUT2D eigenvalue weighted by molar-refractivity contribution is 0.412. The fourth-order valence-electron chi connectivity index (χ4n) is 3.74. The Morgan fingerprint density at radius 1 is 0.529 bits per heavy atom. The predicted octanol–water partition coefficient (Wildman–Crippen LogP) is 7.50. The normalized spacial score (nSPS) is 11.2. The van der Waals surface area contributed by atoms with Crippen molar-refractivity contribution in [1.82, 2.24) is 9.97 Å². The van der Waals surface area contributed by atoms with Crippen LogP contribution in [-0.4, -0.2) is 9.97 Å². The molecular weight excluding hydrogens is 448 g/mol. The summed E-state index contributed by atoms with van der Waals surface area (Å²) < 4.78 is 70.5. The summed E-state index contributed by atoms with van der Waals surface area (Å²) in [4.78, 5) is 8.57. The van der Waals surface area contributed by atoms with Crippen molar-refractivity contribution in [3.05, 3.63) is 95.5 Å². The minimum Gasteiger partial charge on any atom is -0.441 e. The van der Waals surface area contributed by atoms with Crippen LogP contribution in [0.2, 0.25) is 0 Å². The quantitative estimate of drug-likeness (QED) is 0.157. The minimum atomic E-state index is -1.95.